The number of benzene rings is 2. The van der Waals surface area contributed by atoms with Gasteiger partial charge in [0.15, 0.2) is 0 Å². The fourth-order valence-corrected chi connectivity index (χ4v) is 3.36. The molecule has 1 N–H and O–H groups in total. The Hall–Kier alpha value is -2.47. The lowest BCUT2D eigenvalue weighted by molar-refractivity contribution is 0.414. The summed E-state index contributed by atoms with van der Waals surface area (Å²) in [5, 5.41) is 0.984. The van der Waals surface area contributed by atoms with E-state index in [1.165, 1.54) is 19.2 Å². The highest BCUT2D eigenvalue weighted by molar-refractivity contribution is 7.92. The zero-order valence-electron chi connectivity index (χ0n) is 12.3. The van der Waals surface area contributed by atoms with Crippen LogP contribution in [-0.4, -0.2) is 20.1 Å². The van der Waals surface area contributed by atoms with Crippen LogP contribution in [0.5, 0.6) is 5.75 Å². The average Bonchev–Trinajstić information content (AvgIpc) is 2.88. The quantitative estimate of drug-likeness (QED) is 0.805. The number of nitrogens with one attached hydrogen (secondary N) is 1. The number of hydrogen-bond acceptors (Lipinski definition) is 3. The predicted molar refractivity (Wildman–Crippen MR) is 86.7 cm³/mol. The number of ether oxygens (including phenoxy) is 1. The van der Waals surface area contributed by atoms with Gasteiger partial charge in [0.05, 0.1) is 12.0 Å². The molecule has 0 atom stereocenters. The van der Waals surface area contributed by atoms with Gasteiger partial charge in [0.2, 0.25) is 0 Å². The lowest BCUT2D eigenvalue weighted by Crippen LogP contribution is -2.12. The van der Waals surface area contributed by atoms with E-state index in [0.29, 0.717) is 11.4 Å². The summed E-state index contributed by atoms with van der Waals surface area (Å²) in [4.78, 5) is 0.196. The molecular formula is C16H16N2O3S. The maximum absolute atomic E-state index is 12.4. The smallest absolute Gasteiger partial charge is 0.261 e. The van der Waals surface area contributed by atoms with Gasteiger partial charge >= 0.3 is 0 Å². The van der Waals surface area contributed by atoms with Crippen LogP contribution in [0.15, 0.2) is 59.6 Å². The first-order chi connectivity index (χ1) is 10.5. The Morgan fingerprint density at radius 1 is 1.05 bits per heavy atom. The van der Waals surface area contributed by atoms with E-state index in [4.69, 9.17) is 4.74 Å². The van der Waals surface area contributed by atoms with Crippen molar-refractivity contribution in [3.63, 3.8) is 0 Å². The Balaban J connectivity index is 1.91. The van der Waals surface area contributed by atoms with Crippen molar-refractivity contribution in [2.45, 2.75) is 4.90 Å². The van der Waals surface area contributed by atoms with Gasteiger partial charge in [-0.25, -0.2) is 8.42 Å². The molecule has 0 spiro atoms. The molecule has 22 heavy (non-hydrogen) atoms. The number of fused-ring (bicyclic) bond motifs is 1. The summed E-state index contributed by atoms with van der Waals surface area (Å²) in [5.74, 6) is 0.615. The number of anilines is 1. The second kappa shape index (κ2) is 5.38. The topological polar surface area (TPSA) is 60.3 Å². The van der Waals surface area contributed by atoms with E-state index in [9.17, 15) is 8.42 Å². The molecule has 3 rings (SSSR count). The van der Waals surface area contributed by atoms with Gasteiger partial charge < -0.3 is 9.30 Å². The Bertz CT molecular complexity index is 912. The second-order valence-corrected chi connectivity index (χ2v) is 6.66. The Morgan fingerprint density at radius 3 is 2.45 bits per heavy atom. The van der Waals surface area contributed by atoms with Gasteiger partial charge in [0, 0.05) is 29.8 Å². The Morgan fingerprint density at radius 2 is 1.77 bits per heavy atom. The summed E-state index contributed by atoms with van der Waals surface area (Å²) < 4.78 is 34.4. The van der Waals surface area contributed by atoms with Gasteiger partial charge in [0.1, 0.15) is 5.75 Å². The third kappa shape index (κ3) is 2.65. The van der Waals surface area contributed by atoms with Crippen LogP contribution in [0.2, 0.25) is 0 Å². The molecule has 6 heteroatoms. The number of methoxy groups -OCH3 is 1. The molecule has 5 nitrogen and oxygen atoms in total. The normalized spacial score (nSPS) is 11.5. The number of rotatable bonds is 4. The molecule has 0 saturated heterocycles. The van der Waals surface area contributed by atoms with Crippen molar-refractivity contribution in [3.05, 3.63) is 54.7 Å². The number of aromatic nitrogens is 1. The molecule has 0 unspecified atom stereocenters. The molecule has 0 radical (unpaired) electrons. The van der Waals surface area contributed by atoms with Gasteiger partial charge in [-0.1, -0.05) is 0 Å². The summed E-state index contributed by atoms with van der Waals surface area (Å²) in [6, 6.07) is 13.7. The number of hydrogen-bond donors (Lipinski definition) is 1. The highest BCUT2D eigenvalue weighted by atomic mass is 32.2. The van der Waals surface area contributed by atoms with Gasteiger partial charge in [0.25, 0.3) is 10.0 Å². The largest absolute Gasteiger partial charge is 0.497 e. The van der Waals surface area contributed by atoms with E-state index in [-0.39, 0.29) is 4.90 Å². The van der Waals surface area contributed by atoms with Crippen LogP contribution >= 0.6 is 0 Å². The van der Waals surface area contributed by atoms with Crippen LogP contribution in [-0.2, 0) is 17.1 Å². The Labute approximate surface area is 129 Å². The number of sulfonamides is 1. The first-order valence-corrected chi connectivity index (χ1v) is 8.20. The summed E-state index contributed by atoms with van der Waals surface area (Å²) in [6.07, 6.45) is 1.94. The molecule has 1 aromatic heterocycles. The van der Waals surface area contributed by atoms with Crippen LogP contribution < -0.4 is 9.46 Å². The molecule has 1 heterocycles. The van der Waals surface area contributed by atoms with E-state index < -0.39 is 10.0 Å². The minimum Gasteiger partial charge on any atom is -0.497 e. The minimum absolute atomic E-state index is 0.196. The zero-order valence-corrected chi connectivity index (χ0v) is 13.1. The Kier molecular flexibility index (Phi) is 3.54. The number of nitrogens with zero attached hydrogens (tertiary/aromatic N) is 1. The van der Waals surface area contributed by atoms with E-state index >= 15 is 0 Å². The highest BCUT2D eigenvalue weighted by Gasteiger charge is 2.14. The monoisotopic (exact) mass is 316 g/mol. The highest BCUT2D eigenvalue weighted by Crippen LogP contribution is 2.23. The molecule has 0 saturated carbocycles. The summed E-state index contributed by atoms with van der Waals surface area (Å²) in [7, 11) is -0.126. The van der Waals surface area contributed by atoms with Crippen molar-refractivity contribution in [1.82, 2.24) is 4.57 Å². The maximum atomic E-state index is 12.4. The van der Waals surface area contributed by atoms with E-state index in [0.717, 1.165) is 10.9 Å². The summed E-state index contributed by atoms with van der Waals surface area (Å²) in [6.45, 7) is 0. The molecule has 0 bridgehead atoms. The zero-order chi connectivity index (χ0) is 15.7. The predicted octanol–water partition coefficient (Wildman–Crippen LogP) is 2.99. The molecular weight excluding hydrogens is 300 g/mol. The summed E-state index contributed by atoms with van der Waals surface area (Å²) >= 11 is 0. The van der Waals surface area contributed by atoms with Gasteiger partial charge in [-0.3, -0.25) is 4.72 Å². The fraction of sp³-hybridized carbons (Fsp3) is 0.125. The molecule has 114 valence electrons. The standard InChI is InChI=1S/C16H16N2O3S/c1-18-10-9-12-11-13(3-8-16(12)18)17-22(19,20)15-6-4-14(21-2)5-7-15/h3-11,17H,1-2H3. The van der Waals surface area contributed by atoms with Crippen LogP contribution in [0.4, 0.5) is 5.69 Å². The maximum Gasteiger partial charge on any atom is 0.261 e. The minimum atomic E-state index is -3.61. The van der Waals surface area contributed by atoms with E-state index in [2.05, 4.69) is 4.72 Å². The first-order valence-electron chi connectivity index (χ1n) is 6.71. The second-order valence-electron chi connectivity index (χ2n) is 4.98. The molecule has 2 aromatic carbocycles. The molecule has 0 aliphatic rings. The van der Waals surface area contributed by atoms with Crippen molar-refractivity contribution >= 4 is 26.6 Å². The molecule has 3 aromatic rings. The lowest BCUT2D eigenvalue weighted by atomic mass is 10.2. The lowest BCUT2D eigenvalue weighted by Gasteiger charge is -2.09. The van der Waals surface area contributed by atoms with Gasteiger partial charge in [-0.2, -0.15) is 0 Å². The van der Waals surface area contributed by atoms with Crippen molar-refractivity contribution < 1.29 is 13.2 Å². The third-order valence-corrected chi connectivity index (χ3v) is 4.90. The number of aryl methyl sites for hydroxylation is 1. The van der Waals surface area contributed by atoms with Gasteiger partial charge in [-0.05, 0) is 48.5 Å². The van der Waals surface area contributed by atoms with Crippen molar-refractivity contribution in [2.24, 2.45) is 7.05 Å². The van der Waals surface area contributed by atoms with Crippen LogP contribution in [0, 0.1) is 0 Å². The van der Waals surface area contributed by atoms with E-state index in [1.54, 1.807) is 18.2 Å². The third-order valence-electron chi connectivity index (χ3n) is 3.51. The molecule has 0 aliphatic carbocycles. The molecule has 0 aliphatic heterocycles. The van der Waals surface area contributed by atoms with Crippen LogP contribution in [0.25, 0.3) is 10.9 Å². The van der Waals surface area contributed by atoms with Crippen molar-refractivity contribution in [3.8, 4) is 5.75 Å². The molecule has 0 amide bonds. The first kappa shape index (κ1) is 14.5. The van der Waals surface area contributed by atoms with Crippen molar-refractivity contribution in [2.75, 3.05) is 11.8 Å². The SMILES string of the molecule is COc1ccc(S(=O)(=O)Nc2ccc3c(ccn3C)c2)cc1. The van der Waals surface area contributed by atoms with Crippen molar-refractivity contribution in [1.29, 1.82) is 0 Å². The fourth-order valence-electron chi connectivity index (χ4n) is 2.31. The van der Waals surface area contributed by atoms with Crippen LogP contribution in [0.3, 0.4) is 0 Å². The van der Waals surface area contributed by atoms with Crippen LogP contribution in [0.1, 0.15) is 0 Å². The van der Waals surface area contributed by atoms with E-state index in [1.807, 2.05) is 36.0 Å². The summed E-state index contributed by atoms with van der Waals surface area (Å²) in [5.41, 5.74) is 1.59. The molecule has 0 fully saturated rings. The average molecular weight is 316 g/mol. The van der Waals surface area contributed by atoms with Gasteiger partial charge in [-0.15, -0.1) is 0 Å².